The average molecular weight is 350 g/mol. The van der Waals surface area contributed by atoms with Gasteiger partial charge in [-0.25, -0.2) is 4.39 Å². The first kappa shape index (κ1) is 15.8. The van der Waals surface area contributed by atoms with E-state index in [-0.39, 0.29) is 5.82 Å². The summed E-state index contributed by atoms with van der Waals surface area (Å²) in [5.41, 5.74) is 2.23. The summed E-state index contributed by atoms with van der Waals surface area (Å²) in [5, 5.41) is 5.23. The second kappa shape index (κ2) is 6.22. The normalized spacial score (nSPS) is 10.8. The molecular formula is C17H14Cl2FN3. The van der Waals surface area contributed by atoms with Gasteiger partial charge in [0.1, 0.15) is 11.6 Å². The van der Waals surface area contributed by atoms with Crippen molar-refractivity contribution >= 4 is 40.4 Å². The van der Waals surface area contributed by atoms with Gasteiger partial charge < -0.3 is 0 Å². The molecule has 1 aromatic heterocycles. The van der Waals surface area contributed by atoms with Gasteiger partial charge in [0.05, 0.1) is 27.1 Å². The first-order chi connectivity index (χ1) is 11.0. The van der Waals surface area contributed by atoms with Crippen LogP contribution in [-0.2, 0) is 7.05 Å². The van der Waals surface area contributed by atoms with E-state index in [9.17, 15) is 4.39 Å². The predicted molar refractivity (Wildman–Crippen MR) is 92.6 cm³/mol. The van der Waals surface area contributed by atoms with E-state index in [4.69, 9.17) is 23.2 Å². The fourth-order valence-electron chi connectivity index (χ4n) is 2.48. The van der Waals surface area contributed by atoms with Crippen molar-refractivity contribution in [2.75, 3.05) is 4.90 Å². The number of rotatable bonds is 3. The third-order valence-corrected chi connectivity index (χ3v) is 4.07. The molecule has 23 heavy (non-hydrogen) atoms. The number of benzene rings is 2. The van der Waals surface area contributed by atoms with E-state index < -0.39 is 0 Å². The molecule has 0 saturated carbocycles. The lowest BCUT2D eigenvalue weighted by molar-refractivity contribution is 0.628. The Balaban J connectivity index is 2.26. The molecule has 0 atom stereocenters. The van der Waals surface area contributed by atoms with Crippen molar-refractivity contribution in [3.63, 3.8) is 0 Å². The van der Waals surface area contributed by atoms with Gasteiger partial charge in [-0.3, -0.25) is 9.58 Å². The maximum atomic E-state index is 13.4. The zero-order valence-electron chi connectivity index (χ0n) is 12.6. The van der Waals surface area contributed by atoms with E-state index in [0.29, 0.717) is 15.7 Å². The maximum Gasteiger partial charge on any atom is 0.135 e. The Morgan fingerprint density at radius 3 is 2.30 bits per heavy atom. The van der Waals surface area contributed by atoms with Crippen LogP contribution in [0.3, 0.4) is 0 Å². The summed E-state index contributed by atoms with van der Waals surface area (Å²) < 4.78 is 15.2. The van der Waals surface area contributed by atoms with Gasteiger partial charge in [-0.05, 0) is 37.3 Å². The standard InChI is InChI=1S/C17H14Cl2FN3/c1-11-9-17(22(2)21-11)23(15-6-4-3-5-13(15)18)16-8-7-12(20)10-14(16)19/h3-10H,1-2H3. The highest BCUT2D eigenvalue weighted by atomic mass is 35.5. The fraction of sp³-hybridized carbons (Fsp3) is 0.118. The Morgan fingerprint density at radius 2 is 1.70 bits per heavy atom. The van der Waals surface area contributed by atoms with E-state index >= 15 is 0 Å². The van der Waals surface area contributed by atoms with Crippen LogP contribution in [0.5, 0.6) is 0 Å². The lowest BCUT2D eigenvalue weighted by Crippen LogP contribution is -2.14. The molecule has 118 valence electrons. The summed E-state index contributed by atoms with van der Waals surface area (Å²) in [6.07, 6.45) is 0. The molecule has 0 saturated heterocycles. The Hall–Kier alpha value is -2.04. The van der Waals surface area contributed by atoms with Gasteiger partial charge in [0.25, 0.3) is 0 Å². The summed E-state index contributed by atoms with van der Waals surface area (Å²) in [6, 6.07) is 13.6. The Kier molecular flexibility index (Phi) is 4.28. The molecule has 0 bridgehead atoms. The molecule has 0 unspecified atom stereocenters. The van der Waals surface area contributed by atoms with Crippen molar-refractivity contribution < 1.29 is 4.39 Å². The highest BCUT2D eigenvalue weighted by molar-refractivity contribution is 6.35. The maximum absolute atomic E-state index is 13.4. The van der Waals surface area contributed by atoms with Gasteiger partial charge >= 0.3 is 0 Å². The van der Waals surface area contributed by atoms with Crippen LogP contribution in [0.1, 0.15) is 5.69 Å². The van der Waals surface area contributed by atoms with Gasteiger partial charge in [0.15, 0.2) is 0 Å². The van der Waals surface area contributed by atoms with E-state index in [1.165, 1.54) is 12.1 Å². The quantitative estimate of drug-likeness (QED) is 0.609. The van der Waals surface area contributed by atoms with Crippen LogP contribution >= 0.6 is 23.2 Å². The third-order valence-electron chi connectivity index (χ3n) is 3.45. The second-order valence-electron chi connectivity index (χ2n) is 5.15. The molecule has 6 heteroatoms. The molecule has 0 spiro atoms. The number of anilines is 3. The first-order valence-electron chi connectivity index (χ1n) is 6.97. The number of nitrogens with zero attached hydrogens (tertiary/aromatic N) is 3. The van der Waals surface area contributed by atoms with Crippen molar-refractivity contribution in [3.05, 3.63) is 70.1 Å². The molecular weight excluding hydrogens is 336 g/mol. The molecule has 0 aliphatic heterocycles. The Bertz CT molecular complexity index is 861. The van der Waals surface area contributed by atoms with Gasteiger partial charge in [-0.2, -0.15) is 5.10 Å². The molecule has 3 rings (SSSR count). The number of para-hydroxylation sites is 1. The van der Waals surface area contributed by atoms with Gasteiger partial charge in [0.2, 0.25) is 0 Å². The van der Waals surface area contributed by atoms with Crippen molar-refractivity contribution in [2.24, 2.45) is 7.05 Å². The van der Waals surface area contributed by atoms with Gasteiger partial charge in [-0.15, -0.1) is 0 Å². The molecule has 2 aromatic carbocycles. The second-order valence-corrected chi connectivity index (χ2v) is 5.96. The highest BCUT2D eigenvalue weighted by Gasteiger charge is 2.21. The van der Waals surface area contributed by atoms with E-state index in [2.05, 4.69) is 5.10 Å². The SMILES string of the molecule is Cc1cc(N(c2ccccc2Cl)c2ccc(F)cc2Cl)n(C)n1. The summed E-state index contributed by atoms with van der Waals surface area (Å²) in [6.45, 7) is 1.90. The summed E-state index contributed by atoms with van der Waals surface area (Å²) in [4.78, 5) is 1.87. The van der Waals surface area contributed by atoms with Crippen LogP contribution in [0, 0.1) is 12.7 Å². The zero-order chi connectivity index (χ0) is 16.6. The molecule has 3 aromatic rings. The number of hydrogen-bond donors (Lipinski definition) is 0. The minimum atomic E-state index is -0.390. The molecule has 0 N–H and O–H groups in total. The monoisotopic (exact) mass is 349 g/mol. The van der Waals surface area contributed by atoms with Crippen LogP contribution in [-0.4, -0.2) is 9.78 Å². The van der Waals surface area contributed by atoms with Crippen LogP contribution in [0.2, 0.25) is 10.0 Å². The summed E-state index contributed by atoms with van der Waals surface area (Å²) >= 11 is 12.7. The molecule has 0 aliphatic rings. The fourth-order valence-corrected chi connectivity index (χ4v) is 2.95. The summed E-state index contributed by atoms with van der Waals surface area (Å²) in [5.74, 6) is 0.392. The van der Waals surface area contributed by atoms with Crippen LogP contribution in [0.15, 0.2) is 48.5 Å². The van der Waals surface area contributed by atoms with Gasteiger partial charge in [0, 0.05) is 13.1 Å². The van der Waals surface area contributed by atoms with Crippen LogP contribution in [0.4, 0.5) is 21.6 Å². The van der Waals surface area contributed by atoms with Crippen molar-refractivity contribution in [1.29, 1.82) is 0 Å². The smallest absolute Gasteiger partial charge is 0.135 e. The minimum absolute atomic E-state index is 0.295. The number of aromatic nitrogens is 2. The molecule has 0 aliphatic carbocycles. The zero-order valence-corrected chi connectivity index (χ0v) is 14.1. The Morgan fingerprint density at radius 1 is 1.00 bits per heavy atom. The minimum Gasteiger partial charge on any atom is -0.292 e. The van der Waals surface area contributed by atoms with Crippen molar-refractivity contribution in [3.8, 4) is 0 Å². The van der Waals surface area contributed by atoms with Crippen molar-refractivity contribution in [2.45, 2.75) is 6.92 Å². The topological polar surface area (TPSA) is 21.1 Å². The van der Waals surface area contributed by atoms with E-state index in [0.717, 1.165) is 17.2 Å². The summed E-state index contributed by atoms with van der Waals surface area (Å²) in [7, 11) is 1.84. The first-order valence-corrected chi connectivity index (χ1v) is 7.73. The number of halogens is 3. The van der Waals surface area contributed by atoms with E-state index in [1.807, 2.05) is 43.1 Å². The predicted octanol–water partition coefficient (Wildman–Crippen LogP) is 5.64. The number of hydrogen-bond acceptors (Lipinski definition) is 2. The molecule has 0 radical (unpaired) electrons. The lowest BCUT2D eigenvalue weighted by atomic mass is 10.2. The average Bonchev–Trinajstić information content (AvgIpc) is 2.82. The van der Waals surface area contributed by atoms with Crippen LogP contribution < -0.4 is 4.90 Å². The number of aryl methyl sites for hydroxylation is 2. The van der Waals surface area contributed by atoms with E-state index in [1.54, 1.807) is 16.8 Å². The van der Waals surface area contributed by atoms with Crippen LogP contribution in [0.25, 0.3) is 0 Å². The Labute approximate surface area is 143 Å². The molecule has 0 amide bonds. The third kappa shape index (κ3) is 3.05. The van der Waals surface area contributed by atoms with Crippen molar-refractivity contribution in [1.82, 2.24) is 9.78 Å². The molecule has 1 heterocycles. The highest BCUT2D eigenvalue weighted by Crippen LogP contribution is 2.41. The molecule has 3 nitrogen and oxygen atoms in total. The molecule has 0 fully saturated rings. The lowest BCUT2D eigenvalue weighted by Gasteiger charge is -2.26. The largest absolute Gasteiger partial charge is 0.292 e. The van der Waals surface area contributed by atoms with Gasteiger partial charge in [-0.1, -0.05) is 35.3 Å².